The van der Waals surface area contributed by atoms with Crippen molar-refractivity contribution in [1.82, 2.24) is 4.98 Å². The highest BCUT2D eigenvalue weighted by molar-refractivity contribution is 7.09. The lowest BCUT2D eigenvalue weighted by Crippen LogP contribution is -2.08. The first kappa shape index (κ1) is 12.5. The van der Waals surface area contributed by atoms with E-state index in [1.54, 1.807) is 29.7 Å². The number of hydrogen-bond acceptors (Lipinski definition) is 4. The van der Waals surface area contributed by atoms with Gasteiger partial charge in [-0.25, -0.2) is 4.98 Å². The van der Waals surface area contributed by atoms with Crippen LogP contribution in [0.5, 0.6) is 0 Å². The number of benzene rings is 1. The Labute approximate surface area is 114 Å². The van der Waals surface area contributed by atoms with Crippen LogP contribution in [0.15, 0.2) is 23.7 Å². The summed E-state index contributed by atoms with van der Waals surface area (Å²) in [4.78, 5) is 4.24. The van der Waals surface area contributed by atoms with Gasteiger partial charge in [0, 0.05) is 11.6 Å². The molecule has 0 bridgehead atoms. The van der Waals surface area contributed by atoms with Crippen LogP contribution in [0.3, 0.4) is 0 Å². The minimum atomic E-state index is 0.0783. The van der Waals surface area contributed by atoms with Crippen LogP contribution in [0.4, 0.5) is 11.4 Å². The lowest BCUT2D eigenvalue weighted by atomic mass is 10.2. The largest absolute Gasteiger partial charge is 0.397 e. The fourth-order valence-corrected chi connectivity index (χ4v) is 2.41. The van der Waals surface area contributed by atoms with Gasteiger partial charge in [-0.15, -0.1) is 11.3 Å². The molecule has 0 radical (unpaired) electrons. The lowest BCUT2D eigenvalue weighted by molar-refractivity contribution is 0.870. The summed E-state index contributed by atoms with van der Waals surface area (Å²) in [6, 6.07) is 3.44. The molecule has 90 valence electrons. The van der Waals surface area contributed by atoms with Gasteiger partial charge in [0.15, 0.2) is 0 Å². The number of halogens is 2. The van der Waals surface area contributed by atoms with E-state index in [0.29, 0.717) is 15.7 Å². The van der Waals surface area contributed by atoms with Gasteiger partial charge in [-0.1, -0.05) is 23.2 Å². The Morgan fingerprint density at radius 1 is 1.35 bits per heavy atom. The number of thiazole rings is 1. The highest BCUT2D eigenvalue weighted by Crippen LogP contribution is 2.32. The normalized spacial score (nSPS) is 12.4. The van der Waals surface area contributed by atoms with Crippen LogP contribution in [-0.4, -0.2) is 4.98 Å². The van der Waals surface area contributed by atoms with Crippen LogP contribution in [0.1, 0.15) is 18.0 Å². The van der Waals surface area contributed by atoms with Crippen molar-refractivity contribution in [2.45, 2.75) is 13.0 Å². The van der Waals surface area contributed by atoms with Crippen LogP contribution < -0.4 is 11.1 Å². The van der Waals surface area contributed by atoms with Crippen molar-refractivity contribution < 1.29 is 0 Å². The summed E-state index contributed by atoms with van der Waals surface area (Å²) < 4.78 is 0. The Kier molecular flexibility index (Phi) is 3.76. The van der Waals surface area contributed by atoms with Gasteiger partial charge in [0.05, 0.1) is 27.5 Å². The van der Waals surface area contributed by atoms with Crippen molar-refractivity contribution in [3.8, 4) is 0 Å². The number of aromatic nitrogens is 1. The average molecular weight is 288 g/mol. The molecule has 1 aromatic carbocycles. The molecule has 17 heavy (non-hydrogen) atoms. The van der Waals surface area contributed by atoms with E-state index in [1.807, 2.05) is 12.3 Å². The average Bonchev–Trinajstić information content (AvgIpc) is 2.79. The molecule has 1 unspecified atom stereocenters. The Morgan fingerprint density at radius 3 is 2.71 bits per heavy atom. The lowest BCUT2D eigenvalue weighted by Gasteiger charge is -2.15. The summed E-state index contributed by atoms with van der Waals surface area (Å²) in [7, 11) is 0. The van der Waals surface area contributed by atoms with Crippen LogP contribution in [0.25, 0.3) is 0 Å². The molecule has 2 rings (SSSR count). The number of anilines is 2. The third-order valence-corrected chi connectivity index (χ3v) is 3.97. The molecule has 3 nitrogen and oxygen atoms in total. The SMILES string of the molecule is CC(Nc1cc(Cl)c(Cl)cc1N)c1nccs1. The molecule has 0 aliphatic rings. The Balaban J connectivity index is 2.22. The van der Waals surface area contributed by atoms with E-state index >= 15 is 0 Å². The summed E-state index contributed by atoms with van der Waals surface area (Å²) in [5.41, 5.74) is 7.21. The predicted molar refractivity (Wildman–Crippen MR) is 75.0 cm³/mol. The van der Waals surface area contributed by atoms with Crippen LogP contribution in [0, 0.1) is 0 Å². The van der Waals surface area contributed by atoms with E-state index in [0.717, 1.165) is 10.7 Å². The zero-order chi connectivity index (χ0) is 12.4. The molecule has 1 heterocycles. The minimum absolute atomic E-state index is 0.0783. The highest BCUT2D eigenvalue weighted by Gasteiger charge is 2.11. The van der Waals surface area contributed by atoms with E-state index in [1.165, 1.54) is 0 Å². The molecule has 3 N–H and O–H groups in total. The molecule has 0 aliphatic carbocycles. The second-order valence-corrected chi connectivity index (χ2v) is 5.33. The molecule has 0 amide bonds. The number of nitrogens with zero attached hydrogens (tertiary/aromatic N) is 1. The van der Waals surface area contributed by atoms with Crippen molar-refractivity contribution in [3.63, 3.8) is 0 Å². The first-order chi connectivity index (χ1) is 8.08. The molecule has 0 saturated carbocycles. The fraction of sp³-hybridized carbons (Fsp3) is 0.182. The molecule has 1 atom stereocenters. The summed E-state index contributed by atoms with van der Waals surface area (Å²) in [6.45, 7) is 2.01. The van der Waals surface area contributed by atoms with Gasteiger partial charge in [0.25, 0.3) is 0 Å². The quantitative estimate of drug-likeness (QED) is 0.832. The summed E-state index contributed by atoms with van der Waals surface area (Å²) in [5, 5.41) is 7.13. The van der Waals surface area contributed by atoms with Gasteiger partial charge in [-0.05, 0) is 19.1 Å². The van der Waals surface area contributed by atoms with Gasteiger partial charge in [0.1, 0.15) is 5.01 Å². The Morgan fingerprint density at radius 2 is 2.06 bits per heavy atom. The molecular weight excluding hydrogens is 277 g/mol. The highest BCUT2D eigenvalue weighted by atomic mass is 35.5. The van der Waals surface area contributed by atoms with Gasteiger partial charge in [-0.2, -0.15) is 0 Å². The van der Waals surface area contributed by atoms with Crippen molar-refractivity contribution in [2.24, 2.45) is 0 Å². The molecule has 2 aromatic rings. The molecule has 6 heteroatoms. The zero-order valence-electron chi connectivity index (χ0n) is 9.08. The smallest absolute Gasteiger partial charge is 0.115 e. The molecule has 0 spiro atoms. The van der Waals surface area contributed by atoms with E-state index in [-0.39, 0.29) is 6.04 Å². The standard InChI is InChI=1S/C11H11Cl2N3S/c1-6(11-15-2-3-17-11)16-10-5-8(13)7(12)4-9(10)14/h2-6,16H,14H2,1H3. The maximum absolute atomic E-state index is 5.95. The van der Waals surface area contributed by atoms with Crippen molar-refractivity contribution in [3.05, 3.63) is 38.8 Å². The third-order valence-electron chi connectivity index (χ3n) is 2.29. The van der Waals surface area contributed by atoms with E-state index < -0.39 is 0 Å². The predicted octanol–water partition coefficient (Wildman–Crippen LogP) is 4.21. The Hall–Kier alpha value is -0.970. The van der Waals surface area contributed by atoms with Gasteiger partial charge < -0.3 is 11.1 Å². The number of nitrogens with one attached hydrogen (secondary N) is 1. The summed E-state index contributed by atoms with van der Waals surface area (Å²) >= 11 is 13.4. The Bertz CT molecular complexity index is 514. The van der Waals surface area contributed by atoms with E-state index in [9.17, 15) is 0 Å². The minimum Gasteiger partial charge on any atom is -0.397 e. The number of nitrogens with two attached hydrogens (primary N) is 1. The molecule has 0 aliphatic heterocycles. The van der Waals surface area contributed by atoms with Gasteiger partial charge in [0.2, 0.25) is 0 Å². The zero-order valence-corrected chi connectivity index (χ0v) is 11.4. The second-order valence-electron chi connectivity index (χ2n) is 3.59. The van der Waals surface area contributed by atoms with Gasteiger partial charge >= 0.3 is 0 Å². The third kappa shape index (κ3) is 2.83. The second kappa shape index (κ2) is 5.12. The molecule has 0 fully saturated rings. The first-order valence-corrected chi connectivity index (χ1v) is 6.62. The monoisotopic (exact) mass is 287 g/mol. The van der Waals surface area contributed by atoms with Crippen LogP contribution >= 0.6 is 34.5 Å². The summed E-state index contributed by atoms with van der Waals surface area (Å²) in [5.74, 6) is 0. The molecular formula is C11H11Cl2N3S. The summed E-state index contributed by atoms with van der Waals surface area (Å²) in [6.07, 6.45) is 1.77. The molecule has 0 saturated heterocycles. The van der Waals surface area contributed by atoms with Crippen LogP contribution in [-0.2, 0) is 0 Å². The number of rotatable bonds is 3. The van der Waals surface area contributed by atoms with Gasteiger partial charge in [-0.3, -0.25) is 0 Å². The number of hydrogen-bond donors (Lipinski definition) is 2. The van der Waals surface area contributed by atoms with Crippen LogP contribution in [0.2, 0.25) is 10.0 Å². The van der Waals surface area contributed by atoms with Crippen molar-refractivity contribution in [2.75, 3.05) is 11.1 Å². The maximum Gasteiger partial charge on any atom is 0.115 e. The molecule has 1 aromatic heterocycles. The van der Waals surface area contributed by atoms with Crippen molar-refractivity contribution >= 4 is 45.9 Å². The maximum atomic E-state index is 5.95. The van der Waals surface area contributed by atoms with E-state index in [2.05, 4.69) is 10.3 Å². The fourth-order valence-electron chi connectivity index (χ4n) is 1.43. The topological polar surface area (TPSA) is 50.9 Å². The van der Waals surface area contributed by atoms with Crippen molar-refractivity contribution in [1.29, 1.82) is 0 Å². The van der Waals surface area contributed by atoms with E-state index in [4.69, 9.17) is 28.9 Å². The number of nitrogen functional groups attached to an aromatic ring is 1. The first-order valence-electron chi connectivity index (χ1n) is 4.98.